The third kappa shape index (κ3) is 2.27. The van der Waals surface area contributed by atoms with E-state index in [0.717, 1.165) is 32.2 Å². The molecule has 0 spiro atoms. The van der Waals surface area contributed by atoms with Crippen molar-refractivity contribution >= 4 is 18.3 Å². The molecule has 15 heavy (non-hydrogen) atoms. The Bertz CT molecular complexity index is 253. The molecular formula is C10H18ClN3O. The van der Waals surface area contributed by atoms with Crippen LogP contribution in [0.15, 0.2) is 0 Å². The van der Waals surface area contributed by atoms with E-state index in [1.54, 1.807) is 0 Å². The molecule has 1 N–H and O–H groups in total. The van der Waals surface area contributed by atoms with Gasteiger partial charge in [-0.2, -0.15) is 0 Å². The first-order chi connectivity index (χ1) is 6.83. The topological polar surface area (TPSA) is 35.6 Å². The van der Waals surface area contributed by atoms with E-state index < -0.39 is 0 Å². The number of hydrogen-bond donors (Lipinski definition) is 1. The van der Waals surface area contributed by atoms with Gasteiger partial charge in [0.05, 0.1) is 13.2 Å². The highest BCUT2D eigenvalue weighted by Crippen LogP contribution is 2.30. The largest absolute Gasteiger partial charge is 0.328 e. The van der Waals surface area contributed by atoms with Gasteiger partial charge in [0.2, 0.25) is 5.91 Å². The van der Waals surface area contributed by atoms with Crippen LogP contribution in [0.5, 0.6) is 0 Å². The van der Waals surface area contributed by atoms with E-state index in [4.69, 9.17) is 0 Å². The smallest absolute Gasteiger partial charge is 0.237 e. The predicted octanol–water partition coefficient (Wildman–Crippen LogP) is -0.108. The van der Waals surface area contributed by atoms with Crippen LogP contribution in [-0.4, -0.2) is 54.6 Å². The van der Waals surface area contributed by atoms with Crippen molar-refractivity contribution in [1.29, 1.82) is 0 Å². The molecule has 1 saturated carbocycles. The highest BCUT2D eigenvalue weighted by Gasteiger charge is 2.36. The zero-order valence-corrected chi connectivity index (χ0v) is 9.63. The Morgan fingerprint density at radius 1 is 1.33 bits per heavy atom. The van der Waals surface area contributed by atoms with Gasteiger partial charge in [0.25, 0.3) is 0 Å². The van der Waals surface area contributed by atoms with Crippen molar-refractivity contribution in [3.63, 3.8) is 0 Å². The Labute approximate surface area is 96.4 Å². The zero-order valence-electron chi connectivity index (χ0n) is 8.82. The third-order valence-electron chi connectivity index (χ3n) is 3.50. The fourth-order valence-electron chi connectivity index (χ4n) is 2.17. The molecule has 3 aliphatic rings. The Morgan fingerprint density at radius 3 is 2.60 bits per heavy atom. The van der Waals surface area contributed by atoms with Gasteiger partial charge >= 0.3 is 0 Å². The maximum absolute atomic E-state index is 11.7. The van der Waals surface area contributed by atoms with Gasteiger partial charge in [0, 0.05) is 25.7 Å². The molecule has 86 valence electrons. The summed E-state index contributed by atoms with van der Waals surface area (Å²) in [4.78, 5) is 16.0. The first-order valence-corrected chi connectivity index (χ1v) is 5.55. The minimum absolute atomic E-state index is 0. The number of nitrogens with zero attached hydrogens (tertiary/aromatic N) is 2. The van der Waals surface area contributed by atoms with Crippen molar-refractivity contribution in [3.8, 4) is 0 Å². The summed E-state index contributed by atoms with van der Waals surface area (Å²) < 4.78 is 0. The minimum Gasteiger partial charge on any atom is -0.328 e. The first-order valence-electron chi connectivity index (χ1n) is 5.55. The third-order valence-corrected chi connectivity index (χ3v) is 3.50. The molecule has 0 radical (unpaired) electrons. The van der Waals surface area contributed by atoms with Gasteiger partial charge in [0.15, 0.2) is 0 Å². The van der Waals surface area contributed by atoms with Crippen LogP contribution in [0.1, 0.15) is 12.8 Å². The molecule has 0 atom stereocenters. The van der Waals surface area contributed by atoms with Crippen LogP contribution in [0, 0.1) is 5.92 Å². The normalized spacial score (nSPS) is 27.7. The Hall–Kier alpha value is -0.320. The molecule has 0 bridgehead atoms. The van der Waals surface area contributed by atoms with E-state index >= 15 is 0 Å². The van der Waals surface area contributed by atoms with E-state index in [2.05, 4.69) is 10.2 Å². The van der Waals surface area contributed by atoms with Crippen LogP contribution in [0.2, 0.25) is 0 Å². The monoisotopic (exact) mass is 231 g/mol. The summed E-state index contributed by atoms with van der Waals surface area (Å²) in [6.07, 6.45) is 2.66. The second-order valence-corrected chi connectivity index (χ2v) is 4.76. The first kappa shape index (κ1) is 11.2. The average Bonchev–Trinajstić information content (AvgIpc) is 2.77. The molecule has 5 heteroatoms. The number of carbonyl (C=O) groups excluding carboxylic acids is 1. The number of carbonyl (C=O) groups is 1. The predicted molar refractivity (Wildman–Crippen MR) is 59.9 cm³/mol. The SMILES string of the molecule is Cl.O=C1CN(C2CNC2)CN1CC1CC1. The van der Waals surface area contributed by atoms with Crippen molar-refractivity contribution in [2.45, 2.75) is 18.9 Å². The van der Waals surface area contributed by atoms with Crippen LogP contribution < -0.4 is 5.32 Å². The second kappa shape index (κ2) is 4.28. The standard InChI is InChI=1S/C10H17N3O.ClH/c14-10-6-12(9-3-11-4-9)7-13(10)5-8-1-2-8;/h8-9,11H,1-7H2;1H. The van der Waals surface area contributed by atoms with Crippen molar-refractivity contribution in [2.24, 2.45) is 5.92 Å². The quantitative estimate of drug-likeness (QED) is 0.737. The molecule has 2 aliphatic heterocycles. The molecule has 1 amide bonds. The van der Waals surface area contributed by atoms with Crippen LogP contribution >= 0.6 is 12.4 Å². The summed E-state index contributed by atoms with van der Waals surface area (Å²) >= 11 is 0. The minimum atomic E-state index is 0. The van der Waals surface area contributed by atoms with E-state index in [1.165, 1.54) is 12.8 Å². The fourth-order valence-corrected chi connectivity index (χ4v) is 2.17. The number of rotatable bonds is 3. The van der Waals surface area contributed by atoms with Gasteiger partial charge in [-0.3, -0.25) is 9.69 Å². The molecule has 3 fully saturated rings. The van der Waals surface area contributed by atoms with Crippen molar-refractivity contribution in [1.82, 2.24) is 15.1 Å². The van der Waals surface area contributed by atoms with E-state index in [-0.39, 0.29) is 12.4 Å². The summed E-state index contributed by atoms with van der Waals surface area (Å²) in [5.41, 5.74) is 0. The number of halogens is 1. The van der Waals surface area contributed by atoms with E-state index in [9.17, 15) is 4.79 Å². The lowest BCUT2D eigenvalue weighted by Crippen LogP contribution is -2.56. The lowest BCUT2D eigenvalue weighted by molar-refractivity contribution is -0.126. The Morgan fingerprint density at radius 2 is 2.07 bits per heavy atom. The fraction of sp³-hybridized carbons (Fsp3) is 0.900. The van der Waals surface area contributed by atoms with Crippen molar-refractivity contribution < 1.29 is 4.79 Å². The highest BCUT2D eigenvalue weighted by molar-refractivity contribution is 5.85. The zero-order chi connectivity index (χ0) is 9.54. The summed E-state index contributed by atoms with van der Waals surface area (Å²) in [5, 5.41) is 3.25. The van der Waals surface area contributed by atoms with Crippen LogP contribution in [-0.2, 0) is 4.79 Å². The molecule has 4 nitrogen and oxygen atoms in total. The highest BCUT2D eigenvalue weighted by atomic mass is 35.5. The number of hydrogen-bond acceptors (Lipinski definition) is 3. The molecule has 0 unspecified atom stereocenters. The number of amides is 1. The van der Waals surface area contributed by atoms with Gasteiger partial charge in [-0.05, 0) is 18.8 Å². The van der Waals surface area contributed by atoms with Gasteiger partial charge in [-0.25, -0.2) is 0 Å². The van der Waals surface area contributed by atoms with Gasteiger partial charge in [-0.15, -0.1) is 12.4 Å². The molecule has 1 aliphatic carbocycles. The number of nitrogens with one attached hydrogen (secondary N) is 1. The maximum atomic E-state index is 11.7. The summed E-state index contributed by atoms with van der Waals surface area (Å²) in [6.45, 7) is 4.66. The summed E-state index contributed by atoms with van der Waals surface area (Å²) in [7, 11) is 0. The lowest BCUT2D eigenvalue weighted by Gasteiger charge is -2.34. The second-order valence-electron chi connectivity index (χ2n) is 4.76. The van der Waals surface area contributed by atoms with Crippen LogP contribution in [0.3, 0.4) is 0 Å². The van der Waals surface area contributed by atoms with E-state index in [1.807, 2.05) is 4.90 Å². The van der Waals surface area contributed by atoms with Crippen LogP contribution in [0.4, 0.5) is 0 Å². The summed E-state index contributed by atoms with van der Waals surface area (Å²) in [5.74, 6) is 1.15. The molecule has 2 saturated heterocycles. The summed E-state index contributed by atoms with van der Waals surface area (Å²) in [6, 6.07) is 0.614. The van der Waals surface area contributed by atoms with Crippen molar-refractivity contribution in [3.05, 3.63) is 0 Å². The lowest BCUT2D eigenvalue weighted by atomic mass is 10.1. The molecule has 3 rings (SSSR count). The van der Waals surface area contributed by atoms with Gasteiger partial charge < -0.3 is 10.2 Å². The van der Waals surface area contributed by atoms with Gasteiger partial charge in [0.1, 0.15) is 0 Å². The Kier molecular flexibility index (Phi) is 3.19. The van der Waals surface area contributed by atoms with Crippen LogP contribution in [0.25, 0.3) is 0 Å². The average molecular weight is 232 g/mol. The molecular weight excluding hydrogens is 214 g/mol. The molecule has 0 aromatic carbocycles. The van der Waals surface area contributed by atoms with Crippen molar-refractivity contribution in [2.75, 3.05) is 32.8 Å². The molecule has 0 aromatic heterocycles. The van der Waals surface area contributed by atoms with E-state index in [0.29, 0.717) is 18.5 Å². The maximum Gasteiger partial charge on any atom is 0.237 e. The Balaban J connectivity index is 0.000000853. The molecule has 0 aromatic rings. The van der Waals surface area contributed by atoms with Gasteiger partial charge in [-0.1, -0.05) is 0 Å². The molecule has 2 heterocycles.